The van der Waals surface area contributed by atoms with Crippen molar-refractivity contribution in [3.05, 3.63) is 63.6 Å². The summed E-state index contributed by atoms with van der Waals surface area (Å²) >= 11 is 0. The number of hydrogen-bond donors (Lipinski definition) is 2. The van der Waals surface area contributed by atoms with Crippen molar-refractivity contribution in [2.45, 2.75) is 76.3 Å². The molecular weight excluding hydrogens is 450 g/mol. The number of nitrogens with zero attached hydrogens (tertiary/aromatic N) is 2. The maximum absolute atomic E-state index is 13.5. The monoisotopic (exact) mass is 489 g/mol. The number of aromatic hydroxyl groups is 1. The van der Waals surface area contributed by atoms with Crippen molar-refractivity contribution >= 4 is 5.91 Å². The Labute approximate surface area is 213 Å². The molecule has 5 atom stereocenters. The zero-order valence-electron chi connectivity index (χ0n) is 21.8. The molecular formula is C30H39N3O3. The molecule has 2 heterocycles. The van der Waals surface area contributed by atoms with Crippen LogP contribution in [0.2, 0.25) is 0 Å². The molecule has 1 aliphatic heterocycles. The number of carbonyl (C=O) groups excluding carboxylic acids is 1. The van der Waals surface area contributed by atoms with Crippen LogP contribution in [0, 0.1) is 17.3 Å². The van der Waals surface area contributed by atoms with E-state index in [2.05, 4.69) is 35.9 Å². The molecule has 192 valence electrons. The highest BCUT2D eigenvalue weighted by molar-refractivity contribution is 5.94. The van der Waals surface area contributed by atoms with E-state index in [1.807, 2.05) is 18.0 Å². The van der Waals surface area contributed by atoms with Crippen LogP contribution >= 0.6 is 0 Å². The number of aromatic amines is 1. The predicted molar refractivity (Wildman–Crippen MR) is 140 cm³/mol. The van der Waals surface area contributed by atoms with E-state index in [0.717, 1.165) is 44.6 Å². The number of phenols is 1. The standard InChI is InChI=1S/C30H39N3O3/c1-4-29-11-9-24(19(2)32(3)28(36)22-10-13-31-27(35)16-22)30(29)12-14-33(18-20-5-6-20)26(29)15-21-7-8-23(34)17-25(21)30/h7-8,10,13,16-17,19-20,24,26,34H,4-6,9,11-12,14-15,18H2,1-3H3,(H,31,35). The van der Waals surface area contributed by atoms with Gasteiger partial charge in [0.25, 0.3) is 5.91 Å². The molecule has 3 aliphatic carbocycles. The third-order valence-corrected chi connectivity index (χ3v) is 10.6. The summed E-state index contributed by atoms with van der Waals surface area (Å²) in [5, 5.41) is 10.6. The molecule has 1 amide bonds. The highest BCUT2D eigenvalue weighted by Crippen LogP contribution is 2.69. The summed E-state index contributed by atoms with van der Waals surface area (Å²) < 4.78 is 0. The van der Waals surface area contributed by atoms with E-state index in [-0.39, 0.29) is 28.3 Å². The molecule has 0 radical (unpaired) electrons. The second kappa shape index (κ2) is 8.47. The van der Waals surface area contributed by atoms with Gasteiger partial charge in [0.1, 0.15) is 5.75 Å². The van der Waals surface area contributed by atoms with Gasteiger partial charge in [0.15, 0.2) is 0 Å². The Morgan fingerprint density at radius 3 is 2.75 bits per heavy atom. The van der Waals surface area contributed by atoms with Crippen molar-refractivity contribution in [3.8, 4) is 5.75 Å². The van der Waals surface area contributed by atoms with Gasteiger partial charge in [0.05, 0.1) is 0 Å². The van der Waals surface area contributed by atoms with Crippen molar-refractivity contribution in [2.24, 2.45) is 17.3 Å². The summed E-state index contributed by atoms with van der Waals surface area (Å²) in [6.07, 6.45) is 9.76. The number of nitrogens with one attached hydrogen (secondary N) is 1. The number of pyridine rings is 1. The summed E-state index contributed by atoms with van der Waals surface area (Å²) in [4.78, 5) is 32.6. The van der Waals surface area contributed by atoms with Gasteiger partial charge in [-0.25, -0.2) is 0 Å². The van der Waals surface area contributed by atoms with Crippen LogP contribution in [0.25, 0.3) is 0 Å². The van der Waals surface area contributed by atoms with Crippen molar-refractivity contribution in [3.63, 3.8) is 0 Å². The van der Waals surface area contributed by atoms with Gasteiger partial charge in [-0.1, -0.05) is 13.0 Å². The summed E-state index contributed by atoms with van der Waals surface area (Å²) in [6, 6.07) is 9.67. The lowest BCUT2D eigenvalue weighted by Gasteiger charge is -2.64. The molecule has 2 aromatic rings. The van der Waals surface area contributed by atoms with E-state index in [4.69, 9.17) is 0 Å². The molecule has 2 N–H and O–H groups in total. The molecule has 1 aromatic carbocycles. The Balaban J connectivity index is 1.43. The van der Waals surface area contributed by atoms with Crippen LogP contribution in [0.3, 0.4) is 0 Å². The first-order valence-corrected chi connectivity index (χ1v) is 13.8. The fourth-order valence-electron chi connectivity index (χ4n) is 8.74. The minimum absolute atomic E-state index is 0.00847. The van der Waals surface area contributed by atoms with Gasteiger partial charge in [-0.05, 0) is 105 Å². The fourth-order valence-corrected chi connectivity index (χ4v) is 8.74. The molecule has 1 saturated heterocycles. The van der Waals surface area contributed by atoms with Crippen LogP contribution in [-0.2, 0) is 11.8 Å². The third-order valence-electron chi connectivity index (χ3n) is 10.6. The average molecular weight is 490 g/mol. The zero-order valence-corrected chi connectivity index (χ0v) is 21.8. The van der Waals surface area contributed by atoms with Gasteiger partial charge in [-0.2, -0.15) is 0 Å². The number of fused-ring (bicyclic) bond motifs is 1. The normalized spacial score (nSPS) is 32.0. The van der Waals surface area contributed by atoms with Gasteiger partial charge in [-0.3, -0.25) is 14.5 Å². The summed E-state index contributed by atoms with van der Waals surface area (Å²) in [5.41, 5.74) is 2.97. The number of H-pyrrole nitrogens is 1. The quantitative estimate of drug-likeness (QED) is 0.633. The molecule has 6 heteroatoms. The number of carbonyl (C=O) groups is 1. The van der Waals surface area contributed by atoms with Crippen LogP contribution in [-0.4, -0.2) is 58.0 Å². The maximum atomic E-state index is 13.5. The molecule has 1 aromatic heterocycles. The number of hydrogen-bond acceptors (Lipinski definition) is 4. The van der Waals surface area contributed by atoms with E-state index >= 15 is 0 Å². The van der Waals surface area contributed by atoms with Crippen LogP contribution in [0.5, 0.6) is 5.75 Å². The van der Waals surface area contributed by atoms with Gasteiger partial charge in [-0.15, -0.1) is 0 Å². The highest BCUT2D eigenvalue weighted by Gasteiger charge is 2.69. The number of likely N-dealkylation sites (tertiary alicyclic amines) is 1. The van der Waals surface area contributed by atoms with Crippen LogP contribution in [0.4, 0.5) is 0 Å². The first-order chi connectivity index (χ1) is 17.3. The number of phenolic OH excluding ortho intramolecular Hbond substituents is 1. The van der Waals surface area contributed by atoms with E-state index in [0.29, 0.717) is 23.3 Å². The van der Waals surface area contributed by atoms with Crippen LogP contribution < -0.4 is 5.56 Å². The molecule has 2 bridgehead atoms. The number of benzene rings is 1. The fraction of sp³-hybridized carbons (Fsp3) is 0.600. The third kappa shape index (κ3) is 3.33. The second-order valence-electron chi connectivity index (χ2n) is 12.0. The summed E-state index contributed by atoms with van der Waals surface area (Å²) in [5.74, 6) is 1.40. The maximum Gasteiger partial charge on any atom is 0.254 e. The first-order valence-electron chi connectivity index (χ1n) is 13.8. The van der Waals surface area contributed by atoms with Gasteiger partial charge >= 0.3 is 0 Å². The molecule has 2 saturated carbocycles. The summed E-state index contributed by atoms with van der Waals surface area (Å²) in [7, 11) is 1.89. The number of amides is 1. The SMILES string of the molecule is CCC12CCC(C(C)N(C)C(=O)c3cc[nH]c(=O)c3)C13CCN(CC1CC1)C2Cc1ccc(O)cc13. The Kier molecular flexibility index (Phi) is 5.60. The Bertz CT molecular complexity index is 1240. The minimum Gasteiger partial charge on any atom is -0.508 e. The Morgan fingerprint density at radius 2 is 2.03 bits per heavy atom. The van der Waals surface area contributed by atoms with Crippen molar-refractivity contribution in [2.75, 3.05) is 20.1 Å². The highest BCUT2D eigenvalue weighted by atomic mass is 16.3. The number of piperidine rings is 1. The zero-order chi connectivity index (χ0) is 25.2. The lowest BCUT2D eigenvalue weighted by Crippen LogP contribution is -2.67. The van der Waals surface area contributed by atoms with Crippen LogP contribution in [0.1, 0.15) is 73.9 Å². The van der Waals surface area contributed by atoms with Gasteiger partial charge < -0.3 is 15.0 Å². The van der Waals surface area contributed by atoms with E-state index in [1.165, 1.54) is 36.6 Å². The Morgan fingerprint density at radius 1 is 1.22 bits per heavy atom. The van der Waals surface area contributed by atoms with E-state index in [1.54, 1.807) is 12.3 Å². The van der Waals surface area contributed by atoms with Gasteiger partial charge in [0, 0.05) is 48.9 Å². The number of rotatable bonds is 6. The topological polar surface area (TPSA) is 76.6 Å². The molecule has 6 rings (SSSR count). The lowest BCUT2D eigenvalue weighted by atomic mass is 9.46. The van der Waals surface area contributed by atoms with Crippen LogP contribution in [0.15, 0.2) is 41.3 Å². The number of aromatic nitrogens is 1. The molecule has 6 nitrogen and oxygen atoms in total. The molecule has 5 unspecified atom stereocenters. The smallest absolute Gasteiger partial charge is 0.254 e. The van der Waals surface area contributed by atoms with Crippen molar-refractivity contribution < 1.29 is 9.90 Å². The second-order valence-corrected chi connectivity index (χ2v) is 12.0. The molecule has 3 fully saturated rings. The van der Waals surface area contributed by atoms with Gasteiger partial charge in [0.2, 0.25) is 5.56 Å². The van der Waals surface area contributed by atoms with Crippen molar-refractivity contribution in [1.29, 1.82) is 0 Å². The van der Waals surface area contributed by atoms with E-state index in [9.17, 15) is 14.7 Å². The lowest BCUT2D eigenvalue weighted by molar-refractivity contribution is -0.0760. The minimum atomic E-state index is -0.256. The molecule has 4 aliphatic rings. The average Bonchev–Trinajstić information content (AvgIpc) is 3.62. The largest absolute Gasteiger partial charge is 0.508 e. The predicted octanol–water partition coefficient (Wildman–Crippen LogP) is 4.33. The molecule has 0 spiro atoms. The summed E-state index contributed by atoms with van der Waals surface area (Å²) in [6.45, 7) is 6.87. The Hall–Kier alpha value is -2.60. The van der Waals surface area contributed by atoms with E-state index < -0.39 is 0 Å². The first kappa shape index (κ1) is 23.8. The molecule has 36 heavy (non-hydrogen) atoms. The van der Waals surface area contributed by atoms with Crippen molar-refractivity contribution in [1.82, 2.24) is 14.8 Å².